The van der Waals surface area contributed by atoms with Crippen LogP contribution in [0.2, 0.25) is 5.15 Å². The summed E-state index contributed by atoms with van der Waals surface area (Å²) < 4.78 is 9.07. The minimum Gasteiger partial charge on any atom is -0.465 e. The molecule has 0 saturated carbocycles. The van der Waals surface area contributed by atoms with E-state index in [1.54, 1.807) is 6.92 Å². The van der Waals surface area contributed by atoms with Crippen LogP contribution in [0.15, 0.2) is 6.07 Å². The molecule has 0 bridgehead atoms. The van der Waals surface area contributed by atoms with E-state index >= 15 is 0 Å². The highest BCUT2D eigenvalue weighted by Crippen LogP contribution is 2.21. The van der Waals surface area contributed by atoms with Gasteiger partial charge >= 0.3 is 11.9 Å². The molecule has 1 rings (SSSR count). The lowest BCUT2D eigenvalue weighted by atomic mass is 10.1. The summed E-state index contributed by atoms with van der Waals surface area (Å²) in [7, 11) is 2.41. The van der Waals surface area contributed by atoms with Crippen molar-refractivity contribution >= 4 is 23.5 Å². The molecule has 0 aliphatic heterocycles. The largest absolute Gasteiger partial charge is 0.465 e. The Kier molecular flexibility index (Phi) is 3.84. The topological polar surface area (TPSA) is 65.5 Å². The van der Waals surface area contributed by atoms with Gasteiger partial charge in [-0.05, 0) is 13.0 Å². The van der Waals surface area contributed by atoms with Crippen LogP contribution < -0.4 is 0 Å². The Bertz CT molecular complexity index is 445. The van der Waals surface area contributed by atoms with Gasteiger partial charge in [0.2, 0.25) is 0 Å². The molecule has 0 saturated heterocycles. The van der Waals surface area contributed by atoms with Gasteiger partial charge in [-0.25, -0.2) is 14.6 Å². The Morgan fingerprint density at radius 2 is 1.81 bits per heavy atom. The first-order valence-electron chi connectivity index (χ1n) is 4.35. The number of ether oxygens (including phenoxy) is 2. The van der Waals surface area contributed by atoms with Crippen molar-refractivity contribution in [3.63, 3.8) is 0 Å². The Morgan fingerprint density at radius 1 is 1.25 bits per heavy atom. The quantitative estimate of drug-likeness (QED) is 0.583. The first-order valence-corrected chi connectivity index (χ1v) is 4.72. The minimum atomic E-state index is -0.724. The van der Waals surface area contributed by atoms with E-state index in [0.29, 0.717) is 5.69 Å². The minimum absolute atomic E-state index is 0.0480. The van der Waals surface area contributed by atoms with E-state index in [0.717, 1.165) is 0 Å². The number of aryl methyl sites for hydroxylation is 1. The summed E-state index contributed by atoms with van der Waals surface area (Å²) in [5, 5.41) is -0.0766. The summed E-state index contributed by atoms with van der Waals surface area (Å²) in [4.78, 5) is 26.8. The van der Waals surface area contributed by atoms with Crippen molar-refractivity contribution in [3.8, 4) is 0 Å². The van der Waals surface area contributed by atoms with Crippen molar-refractivity contribution < 1.29 is 19.1 Å². The predicted octanol–water partition coefficient (Wildman–Crippen LogP) is 1.62. The molecule has 0 atom stereocenters. The van der Waals surface area contributed by atoms with Gasteiger partial charge in [0.15, 0.2) is 0 Å². The number of esters is 2. The third-order valence-electron chi connectivity index (χ3n) is 1.90. The molecule has 0 fully saturated rings. The maximum absolute atomic E-state index is 11.4. The third-order valence-corrected chi connectivity index (χ3v) is 2.17. The monoisotopic (exact) mass is 243 g/mol. The van der Waals surface area contributed by atoms with E-state index in [1.807, 2.05) is 0 Å². The van der Waals surface area contributed by atoms with Gasteiger partial charge in [-0.1, -0.05) is 11.6 Å². The van der Waals surface area contributed by atoms with E-state index in [-0.39, 0.29) is 16.3 Å². The summed E-state index contributed by atoms with van der Waals surface area (Å²) in [6, 6.07) is 1.42. The van der Waals surface area contributed by atoms with Crippen LogP contribution in [0.1, 0.15) is 26.4 Å². The Morgan fingerprint density at radius 3 is 2.31 bits per heavy atom. The number of aromatic nitrogens is 1. The van der Waals surface area contributed by atoms with Gasteiger partial charge < -0.3 is 9.47 Å². The number of pyridine rings is 1. The van der Waals surface area contributed by atoms with E-state index in [2.05, 4.69) is 14.5 Å². The number of hydrogen-bond acceptors (Lipinski definition) is 5. The first-order chi connectivity index (χ1) is 7.51. The zero-order valence-corrected chi connectivity index (χ0v) is 9.79. The van der Waals surface area contributed by atoms with Crippen molar-refractivity contribution in [3.05, 3.63) is 28.0 Å². The SMILES string of the molecule is COC(=O)c1cc(C)nc(Cl)c1C(=O)OC. The number of halogens is 1. The van der Waals surface area contributed by atoms with Gasteiger partial charge in [0.05, 0.1) is 19.8 Å². The molecule has 1 heterocycles. The van der Waals surface area contributed by atoms with Gasteiger partial charge in [-0.2, -0.15) is 0 Å². The Hall–Kier alpha value is -1.62. The molecular weight excluding hydrogens is 234 g/mol. The van der Waals surface area contributed by atoms with E-state index in [4.69, 9.17) is 11.6 Å². The fraction of sp³-hybridized carbons (Fsp3) is 0.300. The van der Waals surface area contributed by atoms with Crippen LogP contribution >= 0.6 is 11.6 Å². The molecule has 5 nitrogen and oxygen atoms in total. The van der Waals surface area contributed by atoms with E-state index < -0.39 is 11.9 Å². The first kappa shape index (κ1) is 12.4. The smallest absolute Gasteiger partial charge is 0.341 e. The lowest BCUT2D eigenvalue weighted by Gasteiger charge is -2.08. The van der Waals surface area contributed by atoms with E-state index in [9.17, 15) is 9.59 Å². The molecular formula is C10H10ClNO4. The summed E-state index contributed by atoms with van der Waals surface area (Å²) in [6.07, 6.45) is 0. The van der Waals surface area contributed by atoms with Crippen molar-refractivity contribution in [2.24, 2.45) is 0 Å². The van der Waals surface area contributed by atoms with Gasteiger partial charge in [0.1, 0.15) is 10.7 Å². The Balaban J connectivity index is 3.44. The van der Waals surface area contributed by atoms with Gasteiger partial charge in [-0.3, -0.25) is 0 Å². The van der Waals surface area contributed by atoms with Crippen LogP contribution in [0.5, 0.6) is 0 Å². The molecule has 0 amide bonds. The van der Waals surface area contributed by atoms with Gasteiger partial charge in [0.25, 0.3) is 0 Å². The third kappa shape index (κ3) is 2.30. The van der Waals surface area contributed by atoms with Crippen LogP contribution in [0.25, 0.3) is 0 Å². The maximum Gasteiger partial charge on any atom is 0.341 e. The standard InChI is InChI=1S/C10H10ClNO4/c1-5-4-6(9(13)15-2)7(8(11)12-5)10(14)16-3/h4H,1-3H3. The number of methoxy groups -OCH3 is 2. The van der Waals surface area contributed by atoms with Crippen LogP contribution in [0.4, 0.5) is 0 Å². The lowest BCUT2D eigenvalue weighted by Crippen LogP contribution is -2.14. The lowest BCUT2D eigenvalue weighted by molar-refractivity contribution is 0.0554. The second-order valence-electron chi connectivity index (χ2n) is 2.96. The fourth-order valence-electron chi connectivity index (χ4n) is 1.20. The highest BCUT2D eigenvalue weighted by Gasteiger charge is 2.23. The maximum atomic E-state index is 11.4. The molecule has 16 heavy (non-hydrogen) atoms. The molecule has 6 heteroatoms. The number of carbonyl (C=O) groups is 2. The summed E-state index contributed by atoms with van der Waals surface area (Å²) in [5.74, 6) is -1.38. The highest BCUT2D eigenvalue weighted by molar-refractivity contribution is 6.33. The number of carbonyl (C=O) groups excluding carboxylic acids is 2. The van der Waals surface area contributed by atoms with Crippen LogP contribution in [-0.4, -0.2) is 31.1 Å². The normalized spacial score (nSPS) is 9.75. The van der Waals surface area contributed by atoms with Crippen molar-refractivity contribution in [2.75, 3.05) is 14.2 Å². The van der Waals surface area contributed by atoms with Crippen LogP contribution in [0.3, 0.4) is 0 Å². The second-order valence-corrected chi connectivity index (χ2v) is 3.32. The molecule has 0 unspecified atom stereocenters. The summed E-state index contributed by atoms with van der Waals surface area (Å²) in [6.45, 7) is 1.65. The molecule has 1 aromatic heterocycles. The summed E-state index contributed by atoms with van der Waals surface area (Å²) >= 11 is 5.79. The Labute approximate surface area is 97.3 Å². The van der Waals surface area contributed by atoms with Gasteiger partial charge in [0, 0.05) is 5.69 Å². The van der Waals surface area contributed by atoms with Crippen LogP contribution in [-0.2, 0) is 9.47 Å². The number of rotatable bonds is 2. The summed E-state index contributed by atoms with van der Waals surface area (Å²) in [5.41, 5.74) is 0.478. The molecule has 0 radical (unpaired) electrons. The molecule has 0 spiro atoms. The second kappa shape index (κ2) is 4.94. The van der Waals surface area contributed by atoms with E-state index in [1.165, 1.54) is 20.3 Å². The molecule has 0 N–H and O–H groups in total. The molecule has 0 aromatic carbocycles. The molecule has 1 aromatic rings. The average Bonchev–Trinajstić information content (AvgIpc) is 2.26. The zero-order chi connectivity index (χ0) is 12.3. The number of nitrogens with zero attached hydrogens (tertiary/aromatic N) is 1. The number of hydrogen-bond donors (Lipinski definition) is 0. The fourth-order valence-corrected chi connectivity index (χ4v) is 1.51. The molecule has 86 valence electrons. The molecule has 0 aliphatic rings. The molecule has 0 aliphatic carbocycles. The van der Waals surface area contributed by atoms with Crippen molar-refractivity contribution in [1.29, 1.82) is 0 Å². The van der Waals surface area contributed by atoms with Gasteiger partial charge in [-0.15, -0.1) is 0 Å². The van der Waals surface area contributed by atoms with Crippen LogP contribution in [0, 0.1) is 6.92 Å². The predicted molar refractivity (Wildman–Crippen MR) is 56.7 cm³/mol. The zero-order valence-electron chi connectivity index (χ0n) is 9.04. The van der Waals surface area contributed by atoms with Crippen molar-refractivity contribution in [1.82, 2.24) is 4.98 Å². The van der Waals surface area contributed by atoms with Crippen molar-refractivity contribution in [2.45, 2.75) is 6.92 Å². The highest BCUT2D eigenvalue weighted by atomic mass is 35.5. The average molecular weight is 244 g/mol.